The van der Waals surface area contributed by atoms with Gasteiger partial charge in [0, 0.05) is 3.57 Å². The lowest BCUT2D eigenvalue weighted by molar-refractivity contribution is 0.414. The summed E-state index contributed by atoms with van der Waals surface area (Å²) >= 11 is 2.35. The van der Waals surface area contributed by atoms with Crippen molar-refractivity contribution in [3.63, 3.8) is 0 Å². The first-order chi connectivity index (χ1) is 5.77. The Kier molecular flexibility index (Phi) is 3.92. The maximum atomic E-state index is 5.12. The summed E-state index contributed by atoms with van der Waals surface area (Å²) in [5, 5.41) is 0. The zero-order chi connectivity index (χ0) is 8.97. The second-order valence-electron chi connectivity index (χ2n) is 2.71. The molecule has 0 aliphatic heterocycles. The summed E-state index contributed by atoms with van der Waals surface area (Å²) in [4.78, 5) is 0. The lowest BCUT2D eigenvalue weighted by Crippen LogP contribution is -1.95. The quantitative estimate of drug-likeness (QED) is 0.607. The smallest absolute Gasteiger partial charge is 0.122 e. The Labute approximate surface area is 87.9 Å². The minimum atomic E-state index is 0.944. The zero-order valence-electron chi connectivity index (χ0n) is 7.43. The van der Waals surface area contributed by atoms with Gasteiger partial charge in [-0.2, -0.15) is 0 Å². The Hall–Kier alpha value is -0.185. The highest BCUT2D eigenvalue weighted by atomic mass is 127. The average Bonchev–Trinajstić information content (AvgIpc) is 2.09. The highest BCUT2D eigenvalue weighted by Crippen LogP contribution is 2.19. The van der Waals surface area contributed by atoms with Gasteiger partial charge in [-0.1, -0.05) is 19.2 Å². The Balaban J connectivity index is 2.87. The van der Waals surface area contributed by atoms with Crippen LogP contribution < -0.4 is 4.74 Å². The van der Waals surface area contributed by atoms with Crippen LogP contribution in [0, 0.1) is 3.57 Å². The van der Waals surface area contributed by atoms with Crippen molar-refractivity contribution in [1.29, 1.82) is 0 Å². The molecule has 0 bridgehead atoms. The van der Waals surface area contributed by atoms with E-state index < -0.39 is 0 Å². The predicted molar refractivity (Wildman–Crippen MR) is 62.4 cm³/mol. The summed E-state index contributed by atoms with van der Waals surface area (Å²) < 4.78 is 6.42. The molecule has 0 aromatic heterocycles. The van der Waals surface area contributed by atoms with Crippen LogP contribution in [0.15, 0.2) is 18.2 Å². The van der Waals surface area contributed by atoms with E-state index in [4.69, 9.17) is 4.74 Å². The molecule has 0 radical (unpaired) electrons. The van der Waals surface area contributed by atoms with Crippen molar-refractivity contribution in [3.8, 4) is 5.75 Å². The number of halogens is 1. The van der Waals surface area contributed by atoms with Gasteiger partial charge < -0.3 is 4.74 Å². The normalized spacial score (nSPS) is 9.58. The highest BCUT2D eigenvalue weighted by molar-refractivity contribution is 14.1. The molecule has 0 aliphatic carbocycles. The third-order valence-electron chi connectivity index (χ3n) is 1.78. The number of methoxy groups -OCH3 is 1. The largest absolute Gasteiger partial charge is 0.497 e. The van der Waals surface area contributed by atoms with E-state index >= 15 is 0 Å². The van der Waals surface area contributed by atoms with E-state index in [2.05, 4.69) is 41.5 Å². The molecule has 0 spiro atoms. The van der Waals surface area contributed by atoms with Gasteiger partial charge in [-0.3, -0.25) is 0 Å². The molecule has 0 amide bonds. The molecule has 1 nitrogen and oxygen atoms in total. The van der Waals surface area contributed by atoms with Crippen LogP contribution in [-0.4, -0.2) is 14.4 Å². The van der Waals surface area contributed by atoms with Crippen molar-refractivity contribution >= 4 is 29.9 Å². The van der Waals surface area contributed by atoms with Gasteiger partial charge in [0.05, 0.1) is 7.11 Å². The van der Waals surface area contributed by atoms with Crippen LogP contribution >= 0.6 is 22.6 Å². The van der Waals surface area contributed by atoms with Gasteiger partial charge >= 0.3 is 0 Å². The maximum absolute atomic E-state index is 5.12. The summed E-state index contributed by atoms with van der Waals surface area (Å²) in [6.07, 6.45) is 1.16. The lowest BCUT2D eigenvalue weighted by atomic mass is 9.75. The minimum Gasteiger partial charge on any atom is -0.497 e. The molecule has 12 heavy (non-hydrogen) atoms. The van der Waals surface area contributed by atoms with Crippen LogP contribution in [0.4, 0.5) is 0 Å². The third-order valence-corrected chi connectivity index (χ3v) is 2.78. The number of hydrogen-bond acceptors (Lipinski definition) is 1. The van der Waals surface area contributed by atoms with Crippen LogP contribution in [0.2, 0.25) is 6.82 Å². The Bertz CT molecular complexity index is 263. The molecule has 0 saturated heterocycles. The van der Waals surface area contributed by atoms with Crippen molar-refractivity contribution in [3.05, 3.63) is 27.3 Å². The van der Waals surface area contributed by atoms with E-state index in [-0.39, 0.29) is 0 Å². The molecule has 3 heteroatoms. The monoisotopic (exact) mass is 274 g/mol. The van der Waals surface area contributed by atoms with E-state index in [0.717, 1.165) is 12.1 Å². The van der Waals surface area contributed by atoms with Crippen LogP contribution in [-0.2, 0) is 6.32 Å². The first-order valence-corrected chi connectivity index (χ1v) is 5.18. The lowest BCUT2D eigenvalue weighted by Gasteiger charge is -2.04. The Morgan fingerprint density at radius 2 is 2.25 bits per heavy atom. The van der Waals surface area contributed by atoms with Gasteiger partial charge in [0.1, 0.15) is 13.0 Å². The van der Waals surface area contributed by atoms with Crippen LogP contribution in [0.1, 0.15) is 5.56 Å². The average molecular weight is 274 g/mol. The molecular weight excluding hydrogens is 262 g/mol. The zero-order valence-corrected chi connectivity index (χ0v) is 9.59. The summed E-state index contributed by atoms with van der Waals surface area (Å²) in [5.41, 5.74) is 1.42. The number of ether oxygens (including phenoxy) is 1. The topological polar surface area (TPSA) is 9.23 Å². The number of hydrogen-bond donors (Lipinski definition) is 0. The first-order valence-electron chi connectivity index (χ1n) is 4.10. The molecule has 0 heterocycles. The van der Waals surface area contributed by atoms with Gasteiger partial charge in [-0.15, -0.1) is 0 Å². The van der Waals surface area contributed by atoms with Gasteiger partial charge in [-0.05, 0) is 40.3 Å². The van der Waals surface area contributed by atoms with E-state index in [1.165, 1.54) is 16.4 Å². The molecule has 0 aliphatic rings. The fourth-order valence-electron chi connectivity index (χ4n) is 1.13. The third kappa shape index (κ3) is 2.40. The van der Waals surface area contributed by atoms with Crippen LogP contribution in [0.25, 0.3) is 0 Å². The van der Waals surface area contributed by atoms with Crippen molar-refractivity contribution in [2.45, 2.75) is 13.1 Å². The van der Waals surface area contributed by atoms with Gasteiger partial charge in [0.2, 0.25) is 0 Å². The van der Waals surface area contributed by atoms with Crippen LogP contribution in [0.5, 0.6) is 5.75 Å². The van der Waals surface area contributed by atoms with Crippen molar-refractivity contribution in [2.75, 3.05) is 7.11 Å². The fraction of sp³-hybridized carbons (Fsp3) is 0.333. The Morgan fingerprint density at radius 3 is 2.75 bits per heavy atom. The van der Waals surface area contributed by atoms with Crippen molar-refractivity contribution in [2.24, 2.45) is 0 Å². The van der Waals surface area contributed by atoms with E-state index in [1.807, 2.05) is 6.07 Å². The SMILES string of the molecule is CBCc1ccc(OC)cc1I. The second-order valence-corrected chi connectivity index (χ2v) is 3.87. The van der Waals surface area contributed by atoms with Crippen molar-refractivity contribution in [1.82, 2.24) is 0 Å². The first kappa shape index (κ1) is 9.90. The van der Waals surface area contributed by atoms with Gasteiger partial charge in [0.25, 0.3) is 0 Å². The molecule has 1 rings (SSSR count). The van der Waals surface area contributed by atoms with Crippen LogP contribution in [0.3, 0.4) is 0 Å². The molecule has 1 aromatic rings. The number of rotatable bonds is 3. The molecule has 1 aromatic carbocycles. The van der Waals surface area contributed by atoms with Crippen molar-refractivity contribution < 1.29 is 4.74 Å². The molecule has 0 N–H and O–H groups in total. The molecule has 0 unspecified atom stereocenters. The summed E-state index contributed by atoms with van der Waals surface area (Å²) in [5.74, 6) is 0.944. The summed E-state index contributed by atoms with van der Waals surface area (Å²) in [7, 11) is 2.90. The predicted octanol–water partition coefficient (Wildman–Crippen LogP) is 2.28. The van der Waals surface area contributed by atoms with Gasteiger partial charge in [-0.25, -0.2) is 0 Å². The summed E-state index contributed by atoms with van der Waals surface area (Å²) in [6, 6.07) is 6.24. The fourth-order valence-corrected chi connectivity index (χ4v) is 1.88. The molecule has 0 saturated carbocycles. The van der Waals surface area contributed by atoms with E-state index in [9.17, 15) is 0 Å². The van der Waals surface area contributed by atoms with E-state index in [0.29, 0.717) is 0 Å². The molecular formula is C9H12BIO. The molecule has 64 valence electrons. The highest BCUT2D eigenvalue weighted by Gasteiger charge is 2.00. The standard InChI is InChI=1S/C9H12BIO/c1-10-6-7-3-4-8(12-2)5-9(7)11/h3-5,10H,6H2,1-2H3. The molecule has 0 fully saturated rings. The van der Waals surface area contributed by atoms with E-state index in [1.54, 1.807) is 7.11 Å². The minimum absolute atomic E-state index is 0.944. The Morgan fingerprint density at radius 1 is 1.50 bits per heavy atom. The maximum Gasteiger partial charge on any atom is 0.122 e. The van der Waals surface area contributed by atoms with Gasteiger partial charge in [0.15, 0.2) is 0 Å². The molecule has 0 atom stereocenters. The second kappa shape index (κ2) is 4.75. The number of benzene rings is 1. The summed E-state index contributed by atoms with van der Waals surface area (Å²) in [6.45, 7) is 2.19.